The van der Waals surface area contributed by atoms with E-state index < -0.39 is 29.7 Å². The van der Waals surface area contributed by atoms with Gasteiger partial charge in [0.25, 0.3) is 0 Å². The third-order valence-corrected chi connectivity index (χ3v) is 16.2. The number of hydrogen-bond donors (Lipinski definition) is 1. The number of nitrogens with zero attached hydrogens (tertiary/aromatic N) is 6. The summed E-state index contributed by atoms with van der Waals surface area (Å²) in [6.07, 6.45) is 6.82. The Hall–Kier alpha value is -5.31. The highest BCUT2D eigenvalue weighted by molar-refractivity contribution is 7.20. The summed E-state index contributed by atoms with van der Waals surface area (Å²) < 4.78 is 73.4. The molecule has 2 aromatic carbocycles. The molecule has 1 saturated carbocycles. The van der Waals surface area contributed by atoms with E-state index in [1.165, 1.54) is 30.7 Å². The van der Waals surface area contributed by atoms with Crippen molar-refractivity contribution >= 4 is 56.3 Å². The number of thiophene rings is 1. The van der Waals surface area contributed by atoms with Crippen LogP contribution >= 0.6 is 34.5 Å². The zero-order valence-corrected chi connectivity index (χ0v) is 44.9. The van der Waals surface area contributed by atoms with E-state index in [0.29, 0.717) is 124 Å². The van der Waals surface area contributed by atoms with Crippen LogP contribution in [-0.4, -0.2) is 144 Å². The molecule has 3 atom stereocenters. The van der Waals surface area contributed by atoms with Crippen molar-refractivity contribution in [3.8, 4) is 34.3 Å². The first-order valence-electron chi connectivity index (χ1n) is 25.2. The molecule has 5 aromatic rings. The first kappa shape index (κ1) is 54.5. The van der Waals surface area contributed by atoms with E-state index >= 15 is 4.39 Å². The zero-order chi connectivity index (χ0) is 52.8. The van der Waals surface area contributed by atoms with Gasteiger partial charge >= 0.3 is 5.97 Å². The molecule has 1 aliphatic carbocycles. The molecule has 20 heteroatoms. The monoisotopic (exact) mass is 1090 g/mol. The molecule has 10 rings (SSSR count). The average Bonchev–Trinajstić information content (AvgIpc) is 3.78. The minimum absolute atomic E-state index is 0.00962. The van der Waals surface area contributed by atoms with Gasteiger partial charge in [0.1, 0.15) is 59.6 Å². The Morgan fingerprint density at radius 2 is 1.77 bits per heavy atom. The van der Waals surface area contributed by atoms with Crippen molar-refractivity contribution in [2.75, 3.05) is 79.4 Å². The number of ether oxygens (including phenoxy) is 7. The molecule has 4 bridgehead atoms. The Labute approximate surface area is 449 Å². The predicted molar refractivity (Wildman–Crippen MR) is 284 cm³/mol. The van der Waals surface area contributed by atoms with Crippen molar-refractivity contribution in [1.29, 1.82) is 0 Å². The van der Waals surface area contributed by atoms with Crippen molar-refractivity contribution in [3.05, 3.63) is 111 Å². The van der Waals surface area contributed by atoms with Gasteiger partial charge in [-0.25, -0.2) is 33.5 Å². The summed E-state index contributed by atoms with van der Waals surface area (Å²) in [5, 5.41) is 11.9. The van der Waals surface area contributed by atoms with Gasteiger partial charge in [-0.2, -0.15) is 0 Å². The maximum absolute atomic E-state index is 15.9. The second kappa shape index (κ2) is 24.3. The Balaban J connectivity index is 1.05. The van der Waals surface area contributed by atoms with Crippen molar-refractivity contribution in [2.45, 2.75) is 89.4 Å². The van der Waals surface area contributed by atoms with E-state index in [1.807, 2.05) is 13.8 Å². The minimum Gasteiger partial charge on any atom is -0.490 e. The predicted octanol–water partition coefficient (Wildman–Crippen LogP) is 10.4. The maximum atomic E-state index is 15.9. The molecule has 5 aliphatic rings. The lowest BCUT2D eigenvalue weighted by molar-refractivity contribution is -0.145. The largest absolute Gasteiger partial charge is 0.490 e. The van der Waals surface area contributed by atoms with Gasteiger partial charge in [0.2, 0.25) is 12.0 Å². The van der Waals surface area contributed by atoms with Crippen LogP contribution in [0.3, 0.4) is 0 Å². The first-order valence-corrected chi connectivity index (χ1v) is 26.8. The number of aromatic nitrogens is 4. The lowest BCUT2D eigenvalue weighted by atomic mass is 9.80. The van der Waals surface area contributed by atoms with Crippen LogP contribution in [0.25, 0.3) is 26.9 Å². The van der Waals surface area contributed by atoms with Crippen LogP contribution in [0, 0.1) is 13.8 Å². The van der Waals surface area contributed by atoms with Crippen LogP contribution in [0.5, 0.6) is 23.1 Å². The van der Waals surface area contributed by atoms with Crippen molar-refractivity contribution in [1.82, 2.24) is 29.7 Å². The smallest absolute Gasteiger partial charge is 0.345 e. The fourth-order valence-electron chi connectivity index (χ4n) is 9.94. The van der Waals surface area contributed by atoms with Gasteiger partial charge in [-0.3, -0.25) is 4.90 Å². The molecule has 4 aliphatic heterocycles. The third kappa shape index (κ3) is 12.9. The van der Waals surface area contributed by atoms with E-state index in [-0.39, 0.29) is 66.5 Å². The van der Waals surface area contributed by atoms with E-state index in [9.17, 15) is 14.3 Å². The molecule has 0 radical (unpaired) electrons. The quantitative estimate of drug-likeness (QED) is 0.105. The number of hydrogen-bond acceptors (Lipinski definition) is 15. The molecule has 3 aromatic heterocycles. The Bertz CT molecular complexity index is 2910. The number of aliphatic carboxylic acids is 1. The van der Waals surface area contributed by atoms with Gasteiger partial charge < -0.3 is 43.2 Å². The van der Waals surface area contributed by atoms with Crippen LogP contribution in [-0.2, 0) is 32.0 Å². The van der Waals surface area contributed by atoms with Gasteiger partial charge in [-0.1, -0.05) is 41.9 Å². The lowest BCUT2D eigenvalue weighted by Gasteiger charge is -2.35. The van der Waals surface area contributed by atoms with Gasteiger partial charge in [-0.15, -0.1) is 11.3 Å². The topological polar surface area (TPSA) is 160 Å². The van der Waals surface area contributed by atoms with Gasteiger partial charge in [-0.05, 0) is 106 Å². The van der Waals surface area contributed by atoms with Crippen LogP contribution in [0.1, 0.15) is 71.6 Å². The fraction of sp³-hybridized carbons (Fsp3) is 0.473. The average molecular weight is 1090 g/mol. The van der Waals surface area contributed by atoms with Crippen LogP contribution in [0.2, 0.25) is 10.0 Å². The first-order chi connectivity index (χ1) is 36.2. The number of rotatable bonds is 14. The molecule has 1 N–H and O–H groups in total. The number of carbonyl (C=O) groups is 1. The molecule has 7 heterocycles. The summed E-state index contributed by atoms with van der Waals surface area (Å²) in [4.78, 5) is 37.7. The third-order valence-electron chi connectivity index (χ3n) is 14.1. The van der Waals surface area contributed by atoms with Crippen molar-refractivity contribution < 1.29 is 51.8 Å². The zero-order valence-electron chi connectivity index (χ0n) is 42.6. The molecule has 400 valence electrons. The number of alkyl halides is 1. The summed E-state index contributed by atoms with van der Waals surface area (Å²) in [7, 11) is 2.09. The van der Waals surface area contributed by atoms with E-state index in [2.05, 4.69) is 38.4 Å². The number of likely N-dealkylation sites (N-methyl/N-ethyl adjacent to an activating group) is 1. The number of allylic oxidation sites excluding steroid dienone is 5. The Kier molecular flexibility index (Phi) is 17.7. The Morgan fingerprint density at radius 1 is 1.00 bits per heavy atom. The number of benzene rings is 2. The van der Waals surface area contributed by atoms with E-state index in [1.54, 1.807) is 42.6 Å². The SMILES string of the molecule is C=C/C(=C\C=C(/C)F)c1sc2ncnc3c2c1-c1c(C)c(Cl)c(c(Cl)c1C)O[C@H](CN1CCN(C)CC1)COc1ccc(OCc2ccnc([C@H]4CC[C@](F)(COC[C@H]5COCCO5)CC4)n2)c(c1)C[C@H](C(=O)O)O3. The fourth-order valence-corrected chi connectivity index (χ4v) is 11.6. The van der Waals surface area contributed by atoms with Gasteiger partial charge in [0.05, 0.1) is 60.0 Å². The highest BCUT2D eigenvalue weighted by atomic mass is 35.5. The molecular formula is C55H62Cl2F2N6O9S. The van der Waals surface area contributed by atoms with E-state index in [0.717, 1.165) is 26.2 Å². The summed E-state index contributed by atoms with van der Waals surface area (Å²) in [6.45, 7) is 14.9. The number of carboxylic acids is 1. The summed E-state index contributed by atoms with van der Waals surface area (Å²) >= 11 is 16.0. The van der Waals surface area contributed by atoms with Gasteiger partial charge in [0.15, 0.2) is 5.75 Å². The second-order valence-electron chi connectivity index (χ2n) is 19.6. The lowest BCUT2D eigenvalue weighted by Crippen LogP contribution is -2.49. The standard InChI is InChI=1S/C55H62Cl2F2N6O9S/c1-6-35(8-7-32(2)58)50-45-44-33(3)47(56)49(48(57)34(44)4)73-40(25-65-19-17-64(5)18-20-65)29-71-39-9-10-42(37(23-39)24-43(54(66)67)74-52-46(45)53(75-50)62-31-61-52)72-26-38-13-16-60-51(63-38)36-11-14-55(59,15-12-36)30-69-28-41-27-68-21-22-70-41/h6-10,13,16,23,31,36,40-41,43H,1,11-12,14-15,17-22,24-30H2,2-5H3,(H,66,67)/b32-7+,35-8+/t36-,40-,41-,43-,55+/m1/s1. The van der Waals surface area contributed by atoms with Crippen LogP contribution < -0.4 is 18.9 Å². The minimum atomic E-state index is -1.51. The highest BCUT2D eigenvalue weighted by Crippen LogP contribution is 2.52. The van der Waals surface area contributed by atoms with E-state index in [4.69, 9.17) is 61.3 Å². The van der Waals surface area contributed by atoms with Gasteiger partial charge in [0, 0.05) is 67.3 Å². The molecule has 15 nitrogen and oxygen atoms in total. The molecule has 3 fully saturated rings. The normalized spacial score (nSPS) is 23.3. The summed E-state index contributed by atoms with van der Waals surface area (Å²) in [5.74, 6) is -0.0581. The van der Waals surface area contributed by atoms with Crippen LogP contribution in [0.4, 0.5) is 8.78 Å². The molecule has 75 heavy (non-hydrogen) atoms. The number of halogens is 4. The summed E-state index contributed by atoms with van der Waals surface area (Å²) in [6, 6.07) is 6.99. The number of piperazine rings is 1. The summed E-state index contributed by atoms with van der Waals surface area (Å²) in [5.41, 5.74) is 2.56. The maximum Gasteiger partial charge on any atom is 0.345 e. The van der Waals surface area contributed by atoms with Crippen LogP contribution in [0.15, 0.2) is 67.4 Å². The molecular weight excluding hydrogens is 1030 g/mol. The molecule has 0 unspecified atom stereocenters. The Morgan fingerprint density at radius 3 is 2.48 bits per heavy atom. The number of carboxylic acid groups (broad SMARTS) is 1. The van der Waals surface area contributed by atoms with Crippen molar-refractivity contribution in [3.63, 3.8) is 0 Å². The molecule has 0 amide bonds. The number of fused-ring (bicyclic) bond motifs is 7. The molecule has 0 spiro atoms. The second-order valence-corrected chi connectivity index (χ2v) is 21.4. The van der Waals surface area contributed by atoms with Crippen molar-refractivity contribution in [2.24, 2.45) is 0 Å². The molecule has 2 saturated heterocycles. The highest BCUT2D eigenvalue weighted by Gasteiger charge is 2.38.